The molecular weight excluding hydrogens is 398 g/mol. The van der Waals surface area contributed by atoms with Gasteiger partial charge in [-0.25, -0.2) is 8.78 Å². The molecule has 6 heteroatoms. The summed E-state index contributed by atoms with van der Waals surface area (Å²) in [5.74, 6) is -1.10. The molecule has 4 aromatic rings. The lowest BCUT2D eigenvalue weighted by atomic mass is 10.1. The summed E-state index contributed by atoms with van der Waals surface area (Å²) in [5.41, 5.74) is 2.91. The molecule has 0 radical (unpaired) electrons. The van der Waals surface area contributed by atoms with Crippen LogP contribution in [0.3, 0.4) is 0 Å². The molecule has 0 aliphatic rings. The van der Waals surface area contributed by atoms with Crippen molar-refractivity contribution in [2.75, 3.05) is 10.6 Å². The van der Waals surface area contributed by atoms with E-state index in [2.05, 4.69) is 16.0 Å². The maximum absolute atomic E-state index is 13.8. The molecule has 0 aliphatic heterocycles. The highest BCUT2D eigenvalue weighted by atomic mass is 35.5. The second-order valence-corrected chi connectivity index (χ2v) is 7.74. The maximum atomic E-state index is 13.8. The van der Waals surface area contributed by atoms with Crippen molar-refractivity contribution in [1.82, 2.24) is 0 Å². The smallest absolute Gasteiger partial charge is 0.131 e. The molecule has 0 unspecified atom stereocenters. The van der Waals surface area contributed by atoms with E-state index in [1.807, 2.05) is 42.5 Å². The third kappa shape index (κ3) is 4.11. The Bertz CT molecular complexity index is 1110. The fourth-order valence-corrected chi connectivity index (χ4v) is 4.13. The van der Waals surface area contributed by atoms with Crippen molar-refractivity contribution in [3.8, 4) is 0 Å². The van der Waals surface area contributed by atoms with Gasteiger partial charge in [-0.3, -0.25) is 0 Å². The predicted octanol–water partition coefficient (Wildman–Crippen LogP) is 7.06. The van der Waals surface area contributed by atoms with Crippen molar-refractivity contribution in [2.24, 2.45) is 0 Å². The van der Waals surface area contributed by atoms with E-state index in [1.54, 1.807) is 11.3 Å². The van der Waals surface area contributed by atoms with Gasteiger partial charge in [0.05, 0.1) is 0 Å². The van der Waals surface area contributed by atoms with Crippen LogP contribution in [0.2, 0.25) is 5.02 Å². The van der Waals surface area contributed by atoms with Crippen molar-refractivity contribution < 1.29 is 8.78 Å². The fraction of sp³-hybridized carbons (Fsp3) is 0.0909. The number of hydrogen-bond donors (Lipinski definition) is 2. The standard InChI is InChI=1S/C22H17ClF2N2S/c23-15-7-8-22-18(9-15)14(13-28-22)11-26-16-3-1-4-17(10-16)27-12-19-20(24)5-2-6-21(19)25/h1-10,13,26-27H,11-12H2. The predicted molar refractivity (Wildman–Crippen MR) is 114 cm³/mol. The van der Waals surface area contributed by atoms with E-state index in [0.29, 0.717) is 6.54 Å². The quantitative estimate of drug-likeness (QED) is 0.353. The van der Waals surface area contributed by atoms with Gasteiger partial charge in [-0.15, -0.1) is 11.3 Å². The Morgan fingerprint density at radius 3 is 2.25 bits per heavy atom. The van der Waals surface area contributed by atoms with E-state index in [9.17, 15) is 8.78 Å². The van der Waals surface area contributed by atoms with E-state index in [1.165, 1.54) is 28.5 Å². The Balaban J connectivity index is 1.44. The van der Waals surface area contributed by atoms with Gasteiger partial charge < -0.3 is 10.6 Å². The molecule has 3 aromatic carbocycles. The lowest BCUT2D eigenvalue weighted by molar-refractivity contribution is 0.560. The van der Waals surface area contributed by atoms with Gasteiger partial charge in [0, 0.05) is 39.8 Å². The van der Waals surface area contributed by atoms with Crippen LogP contribution in [0.1, 0.15) is 11.1 Å². The van der Waals surface area contributed by atoms with Gasteiger partial charge in [0.25, 0.3) is 0 Å². The van der Waals surface area contributed by atoms with Crippen LogP contribution < -0.4 is 10.6 Å². The first-order chi connectivity index (χ1) is 13.6. The average Bonchev–Trinajstić information content (AvgIpc) is 3.08. The highest BCUT2D eigenvalue weighted by molar-refractivity contribution is 7.17. The van der Waals surface area contributed by atoms with Crippen LogP contribution in [0.5, 0.6) is 0 Å². The van der Waals surface area contributed by atoms with E-state index in [-0.39, 0.29) is 12.1 Å². The largest absolute Gasteiger partial charge is 0.381 e. The minimum absolute atomic E-state index is 0.0301. The molecule has 0 saturated carbocycles. The molecule has 0 bridgehead atoms. The minimum Gasteiger partial charge on any atom is -0.381 e. The molecular formula is C22H17ClF2N2S. The molecule has 142 valence electrons. The van der Waals surface area contributed by atoms with Crippen LogP contribution in [0.4, 0.5) is 20.2 Å². The molecule has 0 saturated heterocycles. The Morgan fingerprint density at radius 2 is 1.50 bits per heavy atom. The zero-order valence-corrected chi connectivity index (χ0v) is 16.4. The summed E-state index contributed by atoms with van der Waals surface area (Å²) in [6.45, 7) is 0.737. The number of anilines is 2. The molecule has 0 spiro atoms. The summed E-state index contributed by atoms with van der Waals surface area (Å²) in [6, 6.07) is 17.4. The molecule has 0 atom stereocenters. The highest BCUT2D eigenvalue weighted by Crippen LogP contribution is 2.29. The van der Waals surface area contributed by atoms with E-state index in [0.717, 1.165) is 21.8 Å². The minimum atomic E-state index is -0.551. The summed E-state index contributed by atoms with van der Waals surface area (Å²) < 4.78 is 28.7. The Kier molecular flexibility index (Phi) is 5.46. The molecule has 2 N–H and O–H groups in total. The number of hydrogen-bond acceptors (Lipinski definition) is 3. The molecule has 1 heterocycles. The van der Waals surface area contributed by atoms with Gasteiger partial charge in [-0.05, 0) is 64.9 Å². The lowest BCUT2D eigenvalue weighted by Gasteiger charge is -2.11. The third-order valence-electron chi connectivity index (χ3n) is 4.49. The van der Waals surface area contributed by atoms with Crippen molar-refractivity contribution in [3.63, 3.8) is 0 Å². The van der Waals surface area contributed by atoms with Crippen LogP contribution >= 0.6 is 22.9 Å². The van der Waals surface area contributed by atoms with Crippen LogP contribution in [0, 0.1) is 11.6 Å². The van der Waals surface area contributed by atoms with Crippen LogP contribution in [0.15, 0.2) is 66.0 Å². The number of halogens is 3. The van der Waals surface area contributed by atoms with E-state index >= 15 is 0 Å². The molecule has 0 fully saturated rings. The summed E-state index contributed by atoms with van der Waals surface area (Å²) in [6.07, 6.45) is 0. The molecule has 0 aliphatic carbocycles. The first-order valence-electron chi connectivity index (χ1n) is 8.76. The summed E-state index contributed by atoms with van der Waals surface area (Å²) in [4.78, 5) is 0. The van der Waals surface area contributed by atoms with Crippen molar-refractivity contribution in [3.05, 3.63) is 93.8 Å². The normalized spacial score (nSPS) is 11.0. The number of rotatable bonds is 6. The topological polar surface area (TPSA) is 24.1 Å². The number of thiophene rings is 1. The van der Waals surface area contributed by atoms with E-state index < -0.39 is 11.6 Å². The monoisotopic (exact) mass is 414 g/mol. The molecule has 4 rings (SSSR count). The SMILES string of the molecule is Fc1cccc(F)c1CNc1cccc(NCc2csc3ccc(Cl)cc23)c1. The van der Waals surface area contributed by atoms with Crippen molar-refractivity contribution in [2.45, 2.75) is 13.1 Å². The maximum Gasteiger partial charge on any atom is 0.131 e. The number of nitrogens with one attached hydrogen (secondary N) is 2. The van der Waals surface area contributed by atoms with Crippen LogP contribution in [0.25, 0.3) is 10.1 Å². The Labute approximate surface area is 170 Å². The number of benzene rings is 3. The highest BCUT2D eigenvalue weighted by Gasteiger charge is 2.08. The first-order valence-corrected chi connectivity index (χ1v) is 10.0. The zero-order chi connectivity index (χ0) is 19.5. The summed E-state index contributed by atoms with van der Waals surface area (Å²) in [5, 5.41) is 10.5. The number of fused-ring (bicyclic) bond motifs is 1. The van der Waals surface area contributed by atoms with Crippen molar-refractivity contribution >= 4 is 44.4 Å². The van der Waals surface area contributed by atoms with Gasteiger partial charge >= 0.3 is 0 Å². The molecule has 28 heavy (non-hydrogen) atoms. The second kappa shape index (κ2) is 8.17. The Hall–Kier alpha value is -2.63. The van der Waals surface area contributed by atoms with Crippen LogP contribution in [-0.4, -0.2) is 0 Å². The molecule has 1 aromatic heterocycles. The van der Waals surface area contributed by atoms with Crippen molar-refractivity contribution in [1.29, 1.82) is 0 Å². The molecule has 2 nitrogen and oxygen atoms in total. The third-order valence-corrected chi connectivity index (χ3v) is 5.74. The fourth-order valence-electron chi connectivity index (χ4n) is 3.02. The molecule has 0 amide bonds. The van der Waals surface area contributed by atoms with Gasteiger partial charge in [0.15, 0.2) is 0 Å². The Morgan fingerprint density at radius 1 is 0.821 bits per heavy atom. The van der Waals surface area contributed by atoms with E-state index in [4.69, 9.17) is 11.6 Å². The zero-order valence-electron chi connectivity index (χ0n) is 14.8. The first kappa shape index (κ1) is 18.7. The second-order valence-electron chi connectivity index (χ2n) is 6.39. The van der Waals surface area contributed by atoms with Gasteiger partial charge in [0.1, 0.15) is 11.6 Å². The average molecular weight is 415 g/mol. The summed E-state index contributed by atoms with van der Waals surface area (Å²) in [7, 11) is 0. The summed E-state index contributed by atoms with van der Waals surface area (Å²) >= 11 is 7.80. The van der Waals surface area contributed by atoms with Gasteiger partial charge in [-0.1, -0.05) is 23.7 Å². The lowest BCUT2D eigenvalue weighted by Crippen LogP contribution is -2.05. The van der Waals surface area contributed by atoms with Gasteiger partial charge in [-0.2, -0.15) is 0 Å². The van der Waals surface area contributed by atoms with Gasteiger partial charge in [0.2, 0.25) is 0 Å². The van der Waals surface area contributed by atoms with Crippen LogP contribution in [-0.2, 0) is 13.1 Å².